The Hall–Kier alpha value is -3.09. The first kappa shape index (κ1) is 33.8. The summed E-state index contributed by atoms with van der Waals surface area (Å²) in [7, 11) is 1.74. The van der Waals surface area contributed by atoms with Crippen LogP contribution in [-0.4, -0.2) is 90.3 Å². The van der Waals surface area contributed by atoms with Gasteiger partial charge in [0.2, 0.25) is 5.91 Å². The number of halogens is 2. The Morgan fingerprint density at radius 3 is 2.53 bits per heavy atom. The molecular formula is C35H41ClFN3O6S. The number of nitrogens with zero attached hydrogens (tertiary/aromatic N) is 2. The molecule has 2 saturated heterocycles. The van der Waals surface area contributed by atoms with Crippen molar-refractivity contribution < 1.29 is 33.4 Å². The number of fused-ring (bicyclic) bond motifs is 1. The van der Waals surface area contributed by atoms with Crippen molar-refractivity contribution in [3.05, 3.63) is 63.7 Å². The first-order valence-electron chi connectivity index (χ1n) is 16.4. The van der Waals surface area contributed by atoms with Gasteiger partial charge in [0.1, 0.15) is 5.82 Å². The molecule has 47 heavy (non-hydrogen) atoms. The summed E-state index contributed by atoms with van der Waals surface area (Å²) in [6, 6.07) is 10.1. The number of likely N-dealkylation sites (tertiary alicyclic amines) is 2. The number of ether oxygens (including phenoxy) is 2. The van der Waals surface area contributed by atoms with Crippen molar-refractivity contribution >= 4 is 56.5 Å². The molecule has 0 radical (unpaired) electrons. The smallest absolute Gasteiger partial charge is 0.306 e. The molecule has 2 aliphatic heterocycles. The van der Waals surface area contributed by atoms with Crippen molar-refractivity contribution in [1.29, 1.82) is 0 Å². The van der Waals surface area contributed by atoms with Crippen LogP contribution in [0.5, 0.6) is 0 Å². The Balaban J connectivity index is 1.12. The number of aliphatic carboxylic acids is 1. The van der Waals surface area contributed by atoms with E-state index in [2.05, 4.69) is 10.2 Å². The summed E-state index contributed by atoms with van der Waals surface area (Å²) in [6.45, 7) is 2.65. The van der Waals surface area contributed by atoms with Gasteiger partial charge in [-0.05, 0) is 68.7 Å². The average Bonchev–Trinajstić information content (AvgIpc) is 3.71. The van der Waals surface area contributed by atoms with Crippen LogP contribution in [0.2, 0.25) is 5.02 Å². The number of hydrogen-bond acceptors (Lipinski definition) is 7. The third-order valence-electron chi connectivity index (χ3n) is 10.0. The molecule has 2 amide bonds. The summed E-state index contributed by atoms with van der Waals surface area (Å²) in [4.78, 5) is 42.5. The maximum atomic E-state index is 15.5. The van der Waals surface area contributed by atoms with Gasteiger partial charge in [0.25, 0.3) is 5.91 Å². The number of nitrogens with one attached hydrogen (secondary N) is 1. The zero-order valence-corrected chi connectivity index (χ0v) is 28.0. The van der Waals surface area contributed by atoms with Gasteiger partial charge in [-0.1, -0.05) is 29.8 Å². The number of benzene rings is 2. The molecule has 3 fully saturated rings. The van der Waals surface area contributed by atoms with E-state index in [-0.39, 0.29) is 64.7 Å². The number of carboxylic acids is 1. The molecule has 6 rings (SSSR count). The topological polar surface area (TPSA) is 108 Å². The molecule has 3 aliphatic rings. The fourth-order valence-electron chi connectivity index (χ4n) is 7.25. The van der Waals surface area contributed by atoms with Gasteiger partial charge in [0.15, 0.2) is 0 Å². The monoisotopic (exact) mass is 685 g/mol. The van der Waals surface area contributed by atoms with Crippen molar-refractivity contribution in [2.45, 2.75) is 75.7 Å². The Labute approximate surface area is 283 Å². The number of methoxy groups -OCH3 is 1. The largest absolute Gasteiger partial charge is 0.481 e. The number of thiophene rings is 1. The fourth-order valence-corrected chi connectivity index (χ4v) is 8.42. The third-order valence-corrected chi connectivity index (χ3v) is 11.3. The second kappa shape index (κ2) is 15.0. The van der Waals surface area contributed by atoms with Crippen LogP contribution in [0.25, 0.3) is 10.1 Å². The quantitative estimate of drug-likeness (QED) is 0.261. The summed E-state index contributed by atoms with van der Waals surface area (Å²) in [5.41, 5.74) is 0.791. The van der Waals surface area contributed by atoms with E-state index in [9.17, 15) is 19.5 Å². The van der Waals surface area contributed by atoms with Crippen LogP contribution >= 0.6 is 22.9 Å². The minimum atomic E-state index is -0.755. The molecule has 1 aromatic heterocycles. The molecule has 3 aromatic rings. The molecule has 2 N–H and O–H groups in total. The number of hydrogen-bond donors (Lipinski definition) is 2. The molecule has 9 nitrogen and oxygen atoms in total. The zero-order chi connectivity index (χ0) is 33.1. The van der Waals surface area contributed by atoms with Crippen molar-refractivity contribution in [2.75, 3.05) is 38.7 Å². The van der Waals surface area contributed by atoms with E-state index in [1.54, 1.807) is 12.5 Å². The second-order valence-corrected chi connectivity index (χ2v) is 14.2. The van der Waals surface area contributed by atoms with Crippen molar-refractivity contribution in [1.82, 2.24) is 9.80 Å². The highest BCUT2D eigenvalue weighted by molar-refractivity contribution is 7.17. The highest BCUT2D eigenvalue weighted by Crippen LogP contribution is 2.32. The van der Waals surface area contributed by atoms with E-state index in [1.165, 1.54) is 23.5 Å². The van der Waals surface area contributed by atoms with Crippen molar-refractivity contribution in [2.24, 2.45) is 5.92 Å². The SMILES string of the molecule is COC1CCN([C@H]2C[C@@H](COC3CCC(C(=O)O)CC3)N(C(=O)Cc3cc(Cl)c(NC(=O)c4csc5ccccc45)cc3F)C2)CC1. The number of carboxylic acid groups (broad SMARTS) is 1. The van der Waals surface area contributed by atoms with Crippen molar-refractivity contribution in [3.8, 4) is 0 Å². The Morgan fingerprint density at radius 1 is 1.06 bits per heavy atom. The highest BCUT2D eigenvalue weighted by atomic mass is 35.5. The number of piperidine rings is 1. The number of carbonyl (C=O) groups excluding carboxylic acids is 2. The van der Waals surface area contributed by atoms with E-state index in [4.69, 9.17) is 21.1 Å². The number of anilines is 1. The Bertz CT molecular complexity index is 1600. The van der Waals surface area contributed by atoms with Crippen LogP contribution in [0.1, 0.15) is 60.9 Å². The van der Waals surface area contributed by atoms with Gasteiger partial charge in [0.05, 0.1) is 53.5 Å². The van der Waals surface area contributed by atoms with E-state index >= 15 is 4.39 Å². The summed E-state index contributed by atoms with van der Waals surface area (Å²) in [6.07, 6.45) is 5.19. The van der Waals surface area contributed by atoms with Crippen LogP contribution in [0.15, 0.2) is 41.8 Å². The number of amides is 2. The Morgan fingerprint density at radius 2 is 1.81 bits per heavy atom. The zero-order valence-electron chi connectivity index (χ0n) is 26.5. The summed E-state index contributed by atoms with van der Waals surface area (Å²) in [5, 5.41) is 14.8. The normalized spacial score (nSPS) is 24.1. The maximum Gasteiger partial charge on any atom is 0.306 e. The molecule has 2 atom stereocenters. The first-order chi connectivity index (χ1) is 22.7. The second-order valence-electron chi connectivity index (χ2n) is 12.9. The maximum absolute atomic E-state index is 15.5. The molecule has 0 spiro atoms. The predicted octanol–water partition coefficient (Wildman–Crippen LogP) is 6.23. The van der Waals surface area contributed by atoms with Crippen LogP contribution in [0, 0.1) is 11.7 Å². The lowest BCUT2D eigenvalue weighted by Gasteiger charge is -2.35. The van der Waals surface area contributed by atoms with Crippen LogP contribution in [-0.2, 0) is 25.5 Å². The molecule has 1 saturated carbocycles. The van der Waals surface area contributed by atoms with E-state index in [0.29, 0.717) is 44.4 Å². The predicted molar refractivity (Wildman–Crippen MR) is 180 cm³/mol. The van der Waals surface area contributed by atoms with Gasteiger partial charge >= 0.3 is 5.97 Å². The van der Waals surface area contributed by atoms with E-state index in [1.807, 2.05) is 29.2 Å². The van der Waals surface area contributed by atoms with Gasteiger partial charge < -0.3 is 24.8 Å². The number of carbonyl (C=O) groups is 3. The summed E-state index contributed by atoms with van der Waals surface area (Å²) >= 11 is 7.99. The lowest BCUT2D eigenvalue weighted by atomic mass is 9.87. The minimum Gasteiger partial charge on any atom is -0.481 e. The molecule has 1 aliphatic carbocycles. The van der Waals surface area contributed by atoms with Gasteiger partial charge in [-0.25, -0.2) is 4.39 Å². The van der Waals surface area contributed by atoms with Crippen LogP contribution in [0.4, 0.5) is 10.1 Å². The average molecular weight is 686 g/mol. The minimum absolute atomic E-state index is 0.0369. The van der Waals surface area contributed by atoms with Gasteiger partial charge in [0, 0.05) is 48.3 Å². The molecule has 2 aromatic carbocycles. The van der Waals surface area contributed by atoms with Gasteiger partial charge in [-0.2, -0.15) is 0 Å². The van der Waals surface area contributed by atoms with Crippen LogP contribution < -0.4 is 5.32 Å². The lowest BCUT2D eigenvalue weighted by molar-refractivity contribution is -0.144. The van der Waals surface area contributed by atoms with Crippen LogP contribution in [0.3, 0.4) is 0 Å². The van der Waals surface area contributed by atoms with E-state index < -0.39 is 11.8 Å². The summed E-state index contributed by atoms with van der Waals surface area (Å²) in [5.74, 6) is -2.29. The lowest BCUT2D eigenvalue weighted by Crippen LogP contribution is -2.45. The Kier molecular flexibility index (Phi) is 10.8. The molecular weight excluding hydrogens is 645 g/mol. The summed E-state index contributed by atoms with van der Waals surface area (Å²) < 4.78 is 28.3. The molecule has 0 unspecified atom stereocenters. The molecule has 252 valence electrons. The number of rotatable bonds is 10. The van der Waals surface area contributed by atoms with Gasteiger partial charge in [-0.15, -0.1) is 11.3 Å². The fraction of sp³-hybridized carbons (Fsp3) is 0.514. The molecule has 3 heterocycles. The van der Waals surface area contributed by atoms with Crippen molar-refractivity contribution in [3.63, 3.8) is 0 Å². The van der Waals surface area contributed by atoms with E-state index in [0.717, 1.165) is 42.4 Å². The molecule has 12 heteroatoms. The standard InChI is InChI=1S/C35H41ClFN3O6S/c1-45-25-10-12-39(13-11-25)23-16-24(19-46-26-8-6-21(7-9-26)35(43)44)40(18-23)33(41)15-22-14-29(36)31(17-30(22)37)38-34(42)28-20-47-32-5-3-2-4-27(28)32/h2-5,14,17,20-21,23-26H,6-13,15-16,18-19H2,1H3,(H,38,42)(H,43,44)/t21?,23-,24-,26?/m0/s1. The first-order valence-corrected chi connectivity index (χ1v) is 17.6. The third kappa shape index (κ3) is 7.81. The molecule has 0 bridgehead atoms. The van der Waals surface area contributed by atoms with Gasteiger partial charge in [-0.3, -0.25) is 19.3 Å². The highest BCUT2D eigenvalue weighted by Gasteiger charge is 2.40.